The standard InChI is InChI=1S/C16H18N4S/c1-12-6-5-7-14(10-12)11-18-16(21)20-19-13(2)15-8-3-4-9-17-15/h3-10H,11H2,1-2H3,(H2,18,20,21)/b19-13+. The van der Waals surface area contributed by atoms with E-state index in [1.54, 1.807) is 6.20 Å². The van der Waals surface area contributed by atoms with Crippen LogP contribution in [0.5, 0.6) is 0 Å². The number of benzene rings is 1. The SMILES string of the molecule is C/C(=N\NC(=S)NCc1cccc(C)c1)c1ccccn1. The van der Waals surface area contributed by atoms with Crippen molar-refractivity contribution in [2.75, 3.05) is 0 Å². The van der Waals surface area contributed by atoms with Crippen molar-refractivity contribution in [3.63, 3.8) is 0 Å². The van der Waals surface area contributed by atoms with Crippen LogP contribution in [0.4, 0.5) is 0 Å². The van der Waals surface area contributed by atoms with Crippen LogP contribution in [0.25, 0.3) is 0 Å². The van der Waals surface area contributed by atoms with Crippen LogP contribution in [-0.4, -0.2) is 15.8 Å². The third-order valence-corrected chi connectivity index (χ3v) is 3.13. The summed E-state index contributed by atoms with van der Waals surface area (Å²) in [6.45, 7) is 4.63. The molecule has 0 aliphatic rings. The number of hydrazone groups is 1. The van der Waals surface area contributed by atoms with E-state index >= 15 is 0 Å². The molecule has 0 saturated carbocycles. The van der Waals surface area contributed by atoms with Gasteiger partial charge >= 0.3 is 0 Å². The molecule has 2 aromatic rings. The molecule has 0 saturated heterocycles. The van der Waals surface area contributed by atoms with E-state index in [1.807, 2.05) is 31.2 Å². The van der Waals surface area contributed by atoms with Gasteiger partial charge in [-0.1, -0.05) is 35.9 Å². The summed E-state index contributed by atoms with van der Waals surface area (Å²) in [7, 11) is 0. The predicted molar refractivity (Wildman–Crippen MR) is 90.2 cm³/mol. The third-order valence-electron chi connectivity index (χ3n) is 2.90. The van der Waals surface area contributed by atoms with Gasteiger partial charge in [0, 0.05) is 12.7 Å². The molecule has 108 valence electrons. The van der Waals surface area contributed by atoms with E-state index in [2.05, 4.69) is 46.0 Å². The first-order chi connectivity index (χ1) is 10.1. The molecule has 21 heavy (non-hydrogen) atoms. The maximum Gasteiger partial charge on any atom is 0.187 e. The first-order valence-electron chi connectivity index (χ1n) is 6.70. The second-order valence-electron chi connectivity index (χ2n) is 4.70. The Labute approximate surface area is 130 Å². The zero-order valence-electron chi connectivity index (χ0n) is 12.1. The summed E-state index contributed by atoms with van der Waals surface area (Å²) in [5, 5.41) is 7.84. The van der Waals surface area contributed by atoms with Crippen molar-refractivity contribution in [1.29, 1.82) is 0 Å². The fourth-order valence-corrected chi connectivity index (χ4v) is 1.93. The van der Waals surface area contributed by atoms with Crippen molar-refractivity contribution in [2.45, 2.75) is 20.4 Å². The topological polar surface area (TPSA) is 49.3 Å². The number of rotatable bonds is 4. The lowest BCUT2D eigenvalue weighted by Crippen LogP contribution is -2.32. The summed E-state index contributed by atoms with van der Waals surface area (Å²) in [6, 6.07) is 14.0. The summed E-state index contributed by atoms with van der Waals surface area (Å²) >= 11 is 5.20. The summed E-state index contributed by atoms with van der Waals surface area (Å²) in [5.74, 6) is 0. The molecule has 0 radical (unpaired) electrons. The van der Waals surface area contributed by atoms with Gasteiger partial charge in [-0.2, -0.15) is 5.10 Å². The highest BCUT2D eigenvalue weighted by molar-refractivity contribution is 7.80. The minimum absolute atomic E-state index is 0.492. The molecule has 1 aromatic carbocycles. The molecule has 0 bridgehead atoms. The van der Waals surface area contributed by atoms with Crippen molar-refractivity contribution in [3.05, 3.63) is 65.5 Å². The number of hydrogen-bond acceptors (Lipinski definition) is 3. The molecule has 1 aromatic heterocycles. The monoisotopic (exact) mass is 298 g/mol. The van der Waals surface area contributed by atoms with Gasteiger partial charge in [-0.25, -0.2) is 0 Å². The van der Waals surface area contributed by atoms with Gasteiger partial charge in [0.15, 0.2) is 5.11 Å². The van der Waals surface area contributed by atoms with Crippen LogP contribution in [0.15, 0.2) is 53.8 Å². The van der Waals surface area contributed by atoms with Crippen LogP contribution in [0, 0.1) is 6.92 Å². The fraction of sp³-hybridized carbons (Fsp3) is 0.188. The minimum atomic E-state index is 0.492. The summed E-state index contributed by atoms with van der Waals surface area (Å²) in [6.07, 6.45) is 1.74. The van der Waals surface area contributed by atoms with Crippen LogP contribution in [0.3, 0.4) is 0 Å². The predicted octanol–water partition coefficient (Wildman–Crippen LogP) is 2.78. The van der Waals surface area contributed by atoms with Gasteiger partial charge in [0.25, 0.3) is 0 Å². The highest BCUT2D eigenvalue weighted by atomic mass is 32.1. The maximum atomic E-state index is 5.20. The number of aryl methyl sites for hydroxylation is 1. The van der Waals surface area contributed by atoms with E-state index in [4.69, 9.17) is 12.2 Å². The number of pyridine rings is 1. The molecule has 0 aliphatic carbocycles. The van der Waals surface area contributed by atoms with Gasteiger partial charge < -0.3 is 5.32 Å². The Morgan fingerprint density at radius 1 is 1.24 bits per heavy atom. The van der Waals surface area contributed by atoms with Gasteiger partial charge in [0.1, 0.15) is 0 Å². The highest BCUT2D eigenvalue weighted by Crippen LogP contribution is 2.03. The maximum absolute atomic E-state index is 5.20. The van der Waals surface area contributed by atoms with E-state index in [0.717, 1.165) is 11.4 Å². The first kappa shape index (κ1) is 15.1. The van der Waals surface area contributed by atoms with Crippen molar-refractivity contribution in [2.24, 2.45) is 5.10 Å². The molecule has 5 heteroatoms. The average Bonchev–Trinajstić information content (AvgIpc) is 2.51. The lowest BCUT2D eigenvalue weighted by molar-refractivity contribution is 0.865. The Kier molecular flexibility index (Phi) is 5.40. The minimum Gasteiger partial charge on any atom is -0.357 e. The second-order valence-corrected chi connectivity index (χ2v) is 5.10. The number of thiocarbonyl (C=S) groups is 1. The fourth-order valence-electron chi connectivity index (χ4n) is 1.81. The lowest BCUT2D eigenvalue weighted by Gasteiger charge is -2.08. The molecule has 1 heterocycles. The molecular weight excluding hydrogens is 280 g/mol. The van der Waals surface area contributed by atoms with E-state index in [0.29, 0.717) is 11.7 Å². The molecule has 0 unspecified atom stereocenters. The van der Waals surface area contributed by atoms with Crippen molar-refractivity contribution >= 4 is 23.0 Å². The van der Waals surface area contributed by atoms with E-state index < -0.39 is 0 Å². The quantitative estimate of drug-likeness (QED) is 0.518. The van der Waals surface area contributed by atoms with Gasteiger partial charge in [0.2, 0.25) is 0 Å². The van der Waals surface area contributed by atoms with Crippen LogP contribution in [0.1, 0.15) is 23.7 Å². The Hall–Kier alpha value is -2.27. The molecule has 2 N–H and O–H groups in total. The molecule has 2 rings (SSSR count). The number of nitrogens with one attached hydrogen (secondary N) is 2. The van der Waals surface area contributed by atoms with Crippen LogP contribution < -0.4 is 10.7 Å². The lowest BCUT2D eigenvalue weighted by atomic mass is 10.1. The smallest absolute Gasteiger partial charge is 0.187 e. The van der Waals surface area contributed by atoms with Crippen LogP contribution in [-0.2, 0) is 6.54 Å². The second kappa shape index (κ2) is 7.50. The number of aromatic nitrogens is 1. The Morgan fingerprint density at radius 3 is 2.81 bits per heavy atom. The van der Waals surface area contributed by atoms with Gasteiger partial charge in [-0.3, -0.25) is 10.4 Å². The van der Waals surface area contributed by atoms with Crippen LogP contribution >= 0.6 is 12.2 Å². The van der Waals surface area contributed by atoms with Gasteiger partial charge in [0.05, 0.1) is 11.4 Å². The molecule has 0 atom stereocenters. The zero-order chi connectivity index (χ0) is 15.1. The number of nitrogens with zero attached hydrogens (tertiary/aromatic N) is 2. The average molecular weight is 298 g/mol. The Morgan fingerprint density at radius 2 is 2.10 bits per heavy atom. The van der Waals surface area contributed by atoms with Crippen molar-refractivity contribution in [1.82, 2.24) is 15.7 Å². The molecule has 4 nitrogen and oxygen atoms in total. The third kappa shape index (κ3) is 4.96. The summed E-state index contributed by atoms with van der Waals surface area (Å²) < 4.78 is 0. The molecule has 0 aliphatic heterocycles. The van der Waals surface area contributed by atoms with E-state index in [9.17, 15) is 0 Å². The summed E-state index contributed by atoms with van der Waals surface area (Å²) in [4.78, 5) is 4.23. The molecule has 0 amide bonds. The Balaban J connectivity index is 1.85. The van der Waals surface area contributed by atoms with Crippen molar-refractivity contribution in [3.8, 4) is 0 Å². The Bertz CT molecular complexity index is 638. The normalized spacial score (nSPS) is 11.0. The van der Waals surface area contributed by atoms with E-state index in [1.165, 1.54) is 11.1 Å². The molecule has 0 spiro atoms. The van der Waals surface area contributed by atoms with Crippen molar-refractivity contribution < 1.29 is 0 Å². The zero-order valence-corrected chi connectivity index (χ0v) is 12.9. The van der Waals surface area contributed by atoms with Gasteiger partial charge in [-0.15, -0.1) is 0 Å². The highest BCUT2D eigenvalue weighted by Gasteiger charge is 1.99. The molecular formula is C16H18N4S. The largest absolute Gasteiger partial charge is 0.357 e. The van der Waals surface area contributed by atoms with Gasteiger partial charge in [-0.05, 0) is 43.8 Å². The molecule has 0 fully saturated rings. The number of hydrogen-bond donors (Lipinski definition) is 2. The van der Waals surface area contributed by atoms with Crippen LogP contribution in [0.2, 0.25) is 0 Å². The first-order valence-corrected chi connectivity index (χ1v) is 7.11. The summed E-state index contributed by atoms with van der Waals surface area (Å²) in [5.41, 5.74) is 6.87. The van der Waals surface area contributed by atoms with E-state index in [-0.39, 0.29) is 0 Å².